The zero-order valence-electron chi connectivity index (χ0n) is 8.84. The first-order chi connectivity index (χ1) is 8.08. The summed E-state index contributed by atoms with van der Waals surface area (Å²) >= 11 is 9.07. The molecule has 90 valence electrons. The van der Waals surface area contributed by atoms with Gasteiger partial charge in [-0.05, 0) is 40.9 Å². The predicted octanol–water partition coefficient (Wildman–Crippen LogP) is 4.15. The standard InChI is InChI=1S/C12H10BrClFNO/c13-9-5-8(15)6-10(14)11(9)16-12(17)7-3-1-2-4-7/h1-2,5-7H,3-4H2,(H,16,17). The fourth-order valence-corrected chi connectivity index (χ4v) is 2.62. The predicted molar refractivity (Wildman–Crippen MR) is 69.6 cm³/mol. The van der Waals surface area contributed by atoms with Crippen LogP contribution < -0.4 is 5.32 Å². The third kappa shape index (κ3) is 2.87. The highest BCUT2D eigenvalue weighted by molar-refractivity contribution is 9.10. The quantitative estimate of drug-likeness (QED) is 0.816. The fraction of sp³-hybridized carbons (Fsp3) is 0.250. The van der Waals surface area contributed by atoms with Crippen molar-refractivity contribution in [3.8, 4) is 0 Å². The largest absolute Gasteiger partial charge is 0.324 e. The summed E-state index contributed by atoms with van der Waals surface area (Å²) in [6, 6.07) is 2.45. The Balaban J connectivity index is 2.15. The van der Waals surface area contributed by atoms with Gasteiger partial charge in [0.1, 0.15) is 5.82 Å². The van der Waals surface area contributed by atoms with Gasteiger partial charge in [-0.2, -0.15) is 0 Å². The van der Waals surface area contributed by atoms with Crippen LogP contribution in [-0.4, -0.2) is 5.91 Å². The van der Waals surface area contributed by atoms with E-state index in [1.165, 1.54) is 12.1 Å². The van der Waals surface area contributed by atoms with Gasteiger partial charge >= 0.3 is 0 Å². The van der Waals surface area contributed by atoms with Gasteiger partial charge in [-0.15, -0.1) is 0 Å². The Labute approximate surface area is 112 Å². The SMILES string of the molecule is O=C(Nc1c(Cl)cc(F)cc1Br)C1CC=CC1. The minimum atomic E-state index is -0.442. The van der Waals surface area contributed by atoms with Crippen LogP contribution in [-0.2, 0) is 4.79 Å². The maximum Gasteiger partial charge on any atom is 0.228 e. The van der Waals surface area contributed by atoms with Gasteiger partial charge < -0.3 is 5.32 Å². The Kier molecular flexibility index (Phi) is 3.84. The molecule has 0 aliphatic heterocycles. The molecular formula is C12H10BrClFNO. The molecule has 1 aromatic rings. The zero-order chi connectivity index (χ0) is 12.4. The number of allylic oxidation sites excluding steroid dienone is 2. The van der Waals surface area contributed by atoms with Crippen molar-refractivity contribution in [3.05, 3.63) is 39.6 Å². The summed E-state index contributed by atoms with van der Waals surface area (Å²) < 4.78 is 13.5. The molecule has 0 radical (unpaired) electrons. The molecule has 5 heteroatoms. The second-order valence-corrected chi connectivity index (χ2v) is 5.13. The molecule has 0 spiro atoms. The van der Waals surface area contributed by atoms with Crippen LogP contribution in [0.3, 0.4) is 0 Å². The number of benzene rings is 1. The second-order valence-electron chi connectivity index (χ2n) is 3.87. The average Bonchev–Trinajstić information content (AvgIpc) is 2.76. The molecule has 2 rings (SSSR count). The van der Waals surface area contributed by atoms with Gasteiger partial charge in [-0.25, -0.2) is 4.39 Å². The van der Waals surface area contributed by atoms with Crippen molar-refractivity contribution < 1.29 is 9.18 Å². The van der Waals surface area contributed by atoms with Crippen molar-refractivity contribution in [2.75, 3.05) is 5.32 Å². The number of hydrogen-bond donors (Lipinski definition) is 1. The summed E-state index contributed by atoms with van der Waals surface area (Å²) in [6.45, 7) is 0. The Morgan fingerprint density at radius 1 is 1.41 bits per heavy atom. The number of anilines is 1. The first-order valence-electron chi connectivity index (χ1n) is 5.18. The van der Waals surface area contributed by atoms with Crippen LogP contribution >= 0.6 is 27.5 Å². The minimum Gasteiger partial charge on any atom is -0.324 e. The molecule has 0 bridgehead atoms. The molecule has 0 saturated carbocycles. The maximum absolute atomic E-state index is 13.0. The van der Waals surface area contributed by atoms with Gasteiger partial charge in [0, 0.05) is 10.4 Å². The minimum absolute atomic E-state index is 0.0528. The topological polar surface area (TPSA) is 29.1 Å². The molecule has 1 aromatic carbocycles. The van der Waals surface area contributed by atoms with E-state index in [0.717, 1.165) is 12.8 Å². The average molecular weight is 319 g/mol. The fourth-order valence-electron chi connectivity index (χ4n) is 1.72. The molecule has 0 heterocycles. The van der Waals surface area contributed by atoms with Crippen LogP contribution in [0.25, 0.3) is 0 Å². The van der Waals surface area contributed by atoms with E-state index in [1.807, 2.05) is 12.2 Å². The van der Waals surface area contributed by atoms with E-state index in [4.69, 9.17) is 11.6 Å². The van der Waals surface area contributed by atoms with E-state index < -0.39 is 5.82 Å². The lowest BCUT2D eigenvalue weighted by Gasteiger charge is -2.13. The number of carbonyl (C=O) groups excluding carboxylic acids is 1. The van der Waals surface area contributed by atoms with Gasteiger partial charge in [-0.3, -0.25) is 4.79 Å². The Morgan fingerprint density at radius 3 is 2.65 bits per heavy atom. The van der Waals surface area contributed by atoms with Gasteiger partial charge in [0.2, 0.25) is 5.91 Å². The van der Waals surface area contributed by atoms with E-state index in [2.05, 4.69) is 21.2 Å². The molecule has 1 amide bonds. The lowest BCUT2D eigenvalue weighted by Crippen LogP contribution is -2.21. The number of hydrogen-bond acceptors (Lipinski definition) is 1. The lowest BCUT2D eigenvalue weighted by molar-refractivity contribution is -0.119. The van der Waals surface area contributed by atoms with E-state index in [9.17, 15) is 9.18 Å². The van der Waals surface area contributed by atoms with Crippen molar-refractivity contribution >= 4 is 39.1 Å². The van der Waals surface area contributed by atoms with Crippen LogP contribution in [0.1, 0.15) is 12.8 Å². The monoisotopic (exact) mass is 317 g/mol. The summed E-state index contributed by atoms with van der Waals surface area (Å²) in [5.41, 5.74) is 0.421. The third-order valence-electron chi connectivity index (χ3n) is 2.63. The van der Waals surface area contributed by atoms with E-state index >= 15 is 0 Å². The molecule has 0 unspecified atom stereocenters. The van der Waals surface area contributed by atoms with Crippen LogP contribution in [0.5, 0.6) is 0 Å². The van der Waals surface area contributed by atoms with Crippen molar-refractivity contribution in [3.63, 3.8) is 0 Å². The summed E-state index contributed by atoms with van der Waals surface area (Å²) in [5, 5.41) is 2.91. The second kappa shape index (κ2) is 5.19. The molecule has 0 saturated heterocycles. The summed E-state index contributed by atoms with van der Waals surface area (Å²) in [7, 11) is 0. The van der Waals surface area contributed by atoms with Crippen LogP contribution in [0.15, 0.2) is 28.8 Å². The molecule has 1 aliphatic rings. The Morgan fingerprint density at radius 2 is 2.06 bits per heavy atom. The molecule has 0 atom stereocenters. The normalized spacial score (nSPS) is 15.2. The highest BCUT2D eigenvalue weighted by Gasteiger charge is 2.21. The van der Waals surface area contributed by atoms with Gasteiger partial charge in [-0.1, -0.05) is 23.8 Å². The van der Waals surface area contributed by atoms with Crippen molar-refractivity contribution in [1.29, 1.82) is 0 Å². The number of halogens is 3. The zero-order valence-corrected chi connectivity index (χ0v) is 11.2. The first kappa shape index (κ1) is 12.6. The van der Waals surface area contributed by atoms with Gasteiger partial charge in [0.25, 0.3) is 0 Å². The molecule has 1 N–H and O–H groups in total. The number of rotatable bonds is 2. The van der Waals surface area contributed by atoms with Crippen molar-refractivity contribution in [2.45, 2.75) is 12.8 Å². The van der Waals surface area contributed by atoms with Gasteiger partial charge in [0.15, 0.2) is 0 Å². The van der Waals surface area contributed by atoms with E-state index in [1.54, 1.807) is 0 Å². The smallest absolute Gasteiger partial charge is 0.228 e. The summed E-state index contributed by atoms with van der Waals surface area (Å²) in [5.74, 6) is -0.588. The van der Waals surface area contributed by atoms with Gasteiger partial charge in [0.05, 0.1) is 10.7 Å². The number of nitrogens with one attached hydrogen (secondary N) is 1. The molecular weight excluding hydrogens is 308 g/mol. The van der Waals surface area contributed by atoms with Crippen LogP contribution in [0.4, 0.5) is 10.1 Å². The third-order valence-corrected chi connectivity index (χ3v) is 3.56. The van der Waals surface area contributed by atoms with Crippen LogP contribution in [0.2, 0.25) is 5.02 Å². The number of amides is 1. The first-order valence-corrected chi connectivity index (χ1v) is 6.35. The summed E-state index contributed by atoms with van der Waals surface area (Å²) in [4.78, 5) is 11.9. The van der Waals surface area contributed by atoms with E-state index in [0.29, 0.717) is 10.2 Å². The highest BCUT2D eigenvalue weighted by Crippen LogP contribution is 2.32. The Bertz CT molecular complexity index is 458. The summed E-state index contributed by atoms with van der Waals surface area (Å²) in [6.07, 6.45) is 5.43. The lowest BCUT2D eigenvalue weighted by atomic mass is 10.1. The van der Waals surface area contributed by atoms with E-state index in [-0.39, 0.29) is 16.8 Å². The molecule has 1 aliphatic carbocycles. The highest BCUT2D eigenvalue weighted by atomic mass is 79.9. The van der Waals surface area contributed by atoms with Crippen LogP contribution in [0, 0.1) is 11.7 Å². The maximum atomic E-state index is 13.0. The van der Waals surface area contributed by atoms with Crippen molar-refractivity contribution in [1.82, 2.24) is 0 Å². The Hall–Kier alpha value is -0.870. The molecule has 2 nitrogen and oxygen atoms in total. The molecule has 0 aromatic heterocycles. The number of carbonyl (C=O) groups is 1. The molecule has 17 heavy (non-hydrogen) atoms. The van der Waals surface area contributed by atoms with Crippen molar-refractivity contribution in [2.24, 2.45) is 5.92 Å². The molecule has 0 fully saturated rings.